The zero-order valence-electron chi connectivity index (χ0n) is 13.2. The zero-order chi connectivity index (χ0) is 18.6. The van der Waals surface area contributed by atoms with Gasteiger partial charge in [0.05, 0.1) is 11.9 Å². The van der Waals surface area contributed by atoms with Gasteiger partial charge in [0, 0.05) is 18.0 Å². The van der Waals surface area contributed by atoms with Gasteiger partial charge in [0.2, 0.25) is 15.9 Å². The Kier molecular flexibility index (Phi) is 5.97. The van der Waals surface area contributed by atoms with Gasteiger partial charge in [0.15, 0.2) is 0 Å². The Hall–Kier alpha value is -2.19. The third-order valence-corrected chi connectivity index (χ3v) is 4.73. The number of benzene rings is 2. The van der Waals surface area contributed by atoms with Gasteiger partial charge in [-0.1, -0.05) is 17.7 Å². The summed E-state index contributed by atoms with van der Waals surface area (Å²) in [5.74, 6) is -2.54. The predicted molar refractivity (Wildman–Crippen MR) is 93.2 cm³/mol. The van der Waals surface area contributed by atoms with E-state index in [9.17, 15) is 22.0 Å². The molecule has 0 radical (unpaired) electrons. The second-order valence-corrected chi connectivity index (χ2v) is 7.55. The Balaban J connectivity index is 2.10. The maximum absolute atomic E-state index is 13.5. The molecule has 0 bridgehead atoms. The molecule has 2 aromatic rings. The molecule has 0 atom stereocenters. The van der Waals surface area contributed by atoms with Crippen LogP contribution in [0.15, 0.2) is 42.5 Å². The molecule has 9 heteroatoms. The molecule has 0 spiro atoms. The van der Waals surface area contributed by atoms with Crippen molar-refractivity contribution in [1.82, 2.24) is 0 Å². The lowest BCUT2D eigenvalue weighted by Crippen LogP contribution is -2.33. The molecule has 0 saturated heterocycles. The van der Waals surface area contributed by atoms with E-state index < -0.39 is 33.3 Å². The summed E-state index contributed by atoms with van der Waals surface area (Å²) in [7, 11) is -3.65. The van der Waals surface area contributed by atoms with E-state index in [2.05, 4.69) is 5.32 Å². The van der Waals surface area contributed by atoms with Crippen molar-refractivity contribution in [2.24, 2.45) is 0 Å². The minimum absolute atomic E-state index is 0.192. The summed E-state index contributed by atoms with van der Waals surface area (Å²) < 4.78 is 51.9. The zero-order valence-corrected chi connectivity index (χ0v) is 14.7. The first-order valence-corrected chi connectivity index (χ1v) is 9.38. The van der Waals surface area contributed by atoms with E-state index in [1.165, 1.54) is 30.3 Å². The molecule has 0 saturated carbocycles. The molecule has 134 valence electrons. The van der Waals surface area contributed by atoms with Crippen LogP contribution in [0.1, 0.15) is 6.42 Å². The molecule has 2 aromatic carbocycles. The van der Waals surface area contributed by atoms with Crippen molar-refractivity contribution >= 4 is 38.9 Å². The van der Waals surface area contributed by atoms with Crippen LogP contribution >= 0.6 is 11.6 Å². The Morgan fingerprint density at radius 2 is 1.68 bits per heavy atom. The lowest BCUT2D eigenvalue weighted by molar-refractivity contribution is -0.116. The van der Waals surface area contributed by atoms with Crippen molar-refractivity contribution in [2.45, 2.75) is 6.42 Å². The van der Waals surface area contributed by atoms with Crippen LogP contribution in [0.25, 0.3) is 0 Å². The minimum Gasteiger partial charge on any atom is -0.321 e. The normalized spacial score (nSPS) is 11.2. The molecule has 0 heterocycles. The molecular weight excluding hydrogens is 374 g/mol. The first-order valence-electron chi connectivity index (χ1n) is 7.15. The second kappa shape index (κ2) is 7.79. The van der Waals surface area contributed by atoms with Gasteiger partial charge in [-0.05, 0) is 36.4 Å². The number of anilines is 2. The SMILES string of the molecule is CS(=O)(=O)N(CCC(=O)Nc1c(F)cccc1F)c1ccc(Cl)cc1. The molecule has 0 fully saturated rings. The lowest BCUT2D eigenvalue weighted by atomic mass is 10.2. The van der Waals surface area contributed by atoms with Gasteiger partial charge in [-0.2, -0.15) is 0 Å². The Morgan fingerprint density at radius 1 is 1.12 bits per heavy atom. The van der Waals surface area contributed by atoms with Gasteiger partial charge in [-0.3, -0.25) is 9.10 Å². The van der Waals surface area contributed by atoms with E-state index >= 15 is 0 Å². The van der Waals surface area contributed by atoms with Crippen LogP contribution in [0.3, 0.4) is 0 Å². The number of hydrogen-bond donors (Lipinski definition) is 1. The summed E-state index contributed by atoms with van der Waals surface area (Å²) in [5, 5.41) is 2.55. The van der Waals surface area contributed by atoms with Crippen molar-refractivity contribution in [1.29, 1.82) is 0 Å². The van der Waals surface area contributed by atoms with E-state index in [0.717, 1.165) is 22.7 Å². The summed E-state index contributed by atoms with van der Waals surface area (Å²) >= 11 is 5.77. The first kappa shape index (κ1) is 19.1. The molecular formula is C16H15ClF2N2O3S. The predicted octanol–water partition coefficient (Wildman–Crippen LogP) is 3.41. The maximum atomic E-state index is 13.5. The molecule has 5 nitrogen and oxygen atoms in total. The fourth-order valence-corrected chi connectivity index (χ4v) is 3.17. The molecule has 0 aliphatic rings. The van der Waals surface area contributed by atoms with Gasteiger partial charge in [-0.15, -0.1) is 0 Å². The molecule has 0 aliphatic carbocycles. The van der Waals surface area contributed by atoms with Crippen LogP contribution < -0.4 is 9.62 Å². The fraction of sp³-hybridized carbons (Fsp3) is 0.188. The van der Waals surface area contributed by atoms with Crippen LogP contribution in [0, 0.1) is 11.6 Å². The molecule has 25 heavy (non-hydrogen) atoms. The summed E-state index contributed by atoms with van der Waals surface area (Å²) in [6, 6.07) is 9.22. The minimum atomic E-state index is -3.65. The van der Waals surface area contributed by atoms with Crippen molar-refractivity contribution in [3.05, 3.63) is 59.1 Å². The van der Waals surface area contributed by atoms with Crippen LogP contribution in [0.2, 0.25) is 5.02 Å². The molecule has 0 aliphatic heterocycles. The molecule has 1 N–H and O–H groups in total. The van der Waals surface area contributed by atoms with Crippen molar-refractivity contribution in [3.8, 4) is 0 Å². The Morgan fingerprint density at radius 3 is 2.20 bits per heavy atom. The summed E-state index contributed by atoms with van der Waals surface area (Å²) in [5.41, 5.74) is -0.235. The fourth-order valence-electron chi connectivity index (χ4n) is 2.12. The number of sulfonamides is 1. The topological polar surface area (TPSA) is 66.5 Å². The second-order valence-electron chi connectivity index (χ2n) is 5.21. The number of rotatable bonds is 6. The summed E-state index contributed by atoms with van der Waals surface area (Å²) in [4.78, 5) is 11.9. The smallest absolute Gasteiger partial charge is 0.232 e. The quantitative estimate of drug-likeness (QED) is 0.824. The van der Waals surface area contributed by atoms with Crippen molar-refractivity contribution in [3.63, 3.8) is 0 Å². The number of para-hydroxylation sites is 1. The van der Waals surface area contributed by atoms with Crippen LogP contribution in [-0.4, -0.2) is 27.1 Å². The van der Waals surface area contributed by atoms with E-state index in [-0.39, 0.29) is 13.0 Å². The van der Waals surface area contributed by atoms with Crippen molar-refractivity contribution < 1.29 is 22.0 Å². The largest absolute Gasteiger partial charge is 0.321 e. The molecule has 0 aromatic heterocycles. The number of hydrogen-bond acceptors (Lipinski definition) is 3. The van der Waals surface area contributed by atoms with E-state index in [1.54, 1.807) is 0 Å². The van der Waals surface area contributed by atoms with Crippen LogP contribution in [-0.2, 0) is 14.8 Å². The molecule has 2 rings (SSSR count). The highest BCUT2D eigenvalue weighted by molar-refractivity contribution is 7.92. The van der Waals surface area contributed by atoms with Crippen molar-refractivity contribution in [2.75, 3.05) is 22.4 Å². The average molecular weight is 389 g/mol. The van der Waals surface area contributed by atoms with E-state index in [1.807, 2.05) is 0 Å². The van der Waals surface area contributed by atoms with E-state index in [4.69, 9.17) is 11.6 Å². The number of amides is 1. The average Bonchev–Trinajstić information content (AvgIpc) is 2.52. The first-order chi connectivity index (χ1) is 11.7. The number of carbonyl (C=O) groups is 1. The summed E-state index contributed by atoms with van der Waals surface area (Å²) in [6.45, 7) is -0.192. The highest BCUT2D eigenvalue weighted by Gasteiger charge is 2.19. The standard InChI is InChI=1S/C16H15ClF2N2O3S/c1-25(23,24)21(12-7-5-11(17)6-8-12)10-9-15(22)20-16-13(18)3-2-4-14(16)19/h2-8H,9-10H2,1H3,(H,20,22). The van der Waals surface area contributed by atoms with Crippen LogP contribution in [0.5, 0.6) is 0 Å². The third kappa shape index (κ3) is 5.14. The van der Waals surface area contributed by atoms with Gasteiger partial charge in [-0.25, -0.2) is 17.2 Å². The number of halogens is 3. The highest BCUT2D eigenvalue weighted by atomic mass is 35.5. The van der Waals surface area contributed by atoms with Gasteiger partial charge >= 0.3 is 0 Å². The van der Waals surface area contributed by atoms with E-state index in [0.29, 0.717) is 10.7 Å². The summed E-state index contributed by atoms with van der Waals surface area (Å²) in [6.07, 6.45) is 0.708. The van der Waals surface area contributed by atoms with Gasteiger partial charge in [0.25, 0.3) is 0 Å². The third-order valence-electron chi connectivity index (χ3n) is 3.28. The number of nitrogens with one attached hydrogen (secondary N) is 1. The Bertz CT molecular complexity index is 853. The molecule has 1 amide bonds. The lowest BCUT2D eigenvalue weighted by Gasteiger charge is -2.22. The van der Waals surface area contributed by atoms with Gasteiger partial charge < -0.3 is 5.32 Å². The Labute approximate surface area is 149 Å². The highest BCUT2D eigenvalue weighted by Crippen LogP contribution is 2.21. The maximum Gasteiger partial charge on any atom is 0.232 e. The van der Waals surface area contributed by atoms with Gasteiger partial charge in [0.1, 0.15) is 17.3 Å². The number of carbonyl (C=O) groups excluding carboxylic acids is 1. The monoisotopic (exact) mass is 388 g/mol. The molecule has 0 unspecified atom stereocenters. The van der Waals surface area contributed by atoms with Crippen LogP contribution in [0.4, 0.5) is 20.2 Å². The number of nitrogens with zero attached hydrogens (tertiary/aromatic N) is 1.